The van der Waals surface area contributed by atoms with Crippen LogP contribution < -0.4 is 15.4 Å². The van der Waals surface area contributed by atoms with Gasteiger partial charge in [0.05, 0.1) is 15.6 Å². The molecule has 0 spiro atoms. The molecule has 0 saturated heterocycles. The zero-order valence-corrected chi connectivity index (χ0v) is 17.0. The second kappa shape index (κ2) is 9.03. The molecule has 6 nitrogen and oxygen atoms in total. The van der Waals surface area contributed by atoms with Gasteiger partial charge in [0, 0.05) is 19.5 Å². The molecule has 2 aromatic carbocycles. The number of rotatable bonds is 5. The summed E-state index contributed by atoms with van der Waals surface area (Å²) in [4.78, 5) is 11.2. The first-order valence-electron chi connectivity index (χ1n) is 8.25. The second-order valence-corrected chi connectivity index (χ2v) is 8.30. The van der Waals surface area contributed by atoms with Gasteiger partial charge in [-0.3, -0.25) is 4.79 Å². The lowest BCUT2D eigenvalue weighted by atomic mass is 9.95. The molecular formula is C18H21Cl2N3O3S. The average molecular weight is 430 g/mol. The largest absolute Gasteiger partial charge is 0.325 e. The molecule has 27 heavy (non-hydrogen) atoms. The van der Waals surface area contributed by atoms with E-state index in [1.807, 2.05) is 18.2 Å². The minimum Gasteiger partial charge on any atom is -0.325 e. The van der Waals surface area contributed by atoms with Gasteiger partial charge in [-0.15, -0.1) is 12.4 Å². The molecule has 0 saturated carbocycles. The van der Waals surface area contributed by atoms with Crippen molar-refractivity contribution < 1.29 is 13.2 Å². The van der Waals surface area contributed by atoms with Gasteiger partial charge in [0.15, 0.2) is 0 Å². The Kier molecular flexibility index (Phi) is 7.25. The highest BCUT2D eigenvalue weighted by Gasteiger charge is 2.22. The number of benzene rings is 2. The molecule has 0 aromatic heterocycles. The highest BCUT2D eigenvalue weighted by molar-refractivity contribution is 7.89. The van der Waals surface area contributed by atoms with E-state index in [1.54, 1.807) is 0 Å². The average Bonchev–Trinajstić information content (AvgIpc) is 2.61. The van der Waals surface area contributed by atoms with Gasteiger partial charge in [-0.2, -0.15) is 0 Å². The fourth-order valence-corrected chi connectivity index (χ4v) is 4.37. The number of amides is 1. The van der Waals surface area contributed by atoms with E-state index in [1.165, 1.54) is 30.7 Å². The van der Waals surface area contributed by atoms with E-state index < -0.39 is 10.0 Å². The number of fused-ring (bicyclic) bond motifs is 1. The number of carbonyl (C=O) groups is 1. The van der Waals surface area contributed by atoms with Crippen molar-refractivity contribution in [2.24, 2.45) is 0 Å². The number of anilines is 1. The van der Waals surface area contributed by atoms with Crippen LogP contribution in [0.2, 0.25) is 5.02 Å². The summed E-state index contributed by atoms with van der Waals surface area (Å²) in [5.74, 6) is -0.275. The maximum atomic E-state index is 12.6. The number of hydrogen-bond acceptors (Lipinski definition) is 4. The monoisotopic (exact) mass is 429 g/mol. The molecule has 0 aliphatic carbocycles. The maximum Gasteiger partial charge on any atom is 0.240 e. The van der Waals surface area contributed by atoms with Crippen LogP contribution in [0, 0.1) is 0 Å². The molecule has 1 aliphatic heterocycles. The molecule has 1 heterocycles. The first-order valence-corrected chi connectivity index (χ1v) is 10.1. The normalized spacial score (nSPS) is 16.1. The Hall–Kier alpha value is -1.64. The van der Waals surface area contributed by atoms with Gasteiger partial charge in [0.2, 0.25) is 15.9 Å². The SMILES string of the molecule is CC(=O)Nc1ccc(S(=O)(=O)NCC2NCCc3ccccc32)cc1Cl.Cl. The molecule has 1 aliphatic rings. The van der Waals surface area contributed by atoms with Crippen LogP contribution in [-0.4, -0.2) is 27.4 Å². The van der Waals surface area contributed by atoms with Crippen molar-refractivity contribution >= 4 is 45.6 Å². The molecule has 2 aromatic rings. The summed E-state index contributed by atoms with van der Waals surface area (Å²) in [6.45, 7) is 2.41. The van der Waals surface area contributed by atoms with Gasteiger partial charge in [-0.1, -0.05) is 35.9 Å². The molecule has 0 bridgehead atoms. The Morgan fingerprint density at radius 2 is 2.00 bits per heavy atom. The Balaban J connectivity index is 0.00000261. The topological polar surface area (TPSA) is 87.3 Å². The molecule has 0 radical (unpaired) electrons. The van der Waals surface area contributed by atoms with E-state index in [-0.39, 0.29) is 40.8 Å². The van der Waals surface area contributed by atoms with Gasteiger partial charge in [-0.25, -0.2) is 13.1 Å². The zero-order valence-electron chi connectivity index (χ0n) is 14.7. The number of carbonyl (C=O) groups excluding carboxylic acids is 1. The van der Waals surface area contributed by atoms with Gasteiger partial charge >= 0.3 is 0 Å². The fraction of sp³-hybridized carbons (Fsp3) is 0.278. The van der Waals surface area contributed by atoms with Gasteiger partial charge in [0.25, 0.3) is 0 Å². The number of nitrogens with one attached hydrogen (secondary N) is 3. The summed E-state index contributed by atoms with van der Waals surface area (Å²) in [5.41, 5.74) is 2.72. The number of halogens is 2. The molecule has 1 amide bonds. The van der Waals surface area contributed by atoms with Crippen molar-refractivity contribution in [1.29, 1.82) is 0 Å². The first kappa shape index (κ1) is 21.7. The van der Waals surface area contributed by atoms with Gasteiger partial charge < -0.3 is 10.6 Å². The predicted molar refractivity (Wildman–Crippen MR) is 109 cm³/mol. The summed E-state index contributed by atoms with van der Waals surface area (Å²) in [6.07, 6.45) is 0.930. The summed E-state index contributed by atoms with van der Waals surface area (Å²) in [5, 5.41) is 6.06. The molecule has 9 heteroatoms. The smallest absolute Gasteiger partial charge is 0.240 e. The molecule has 1 unspecified atom stereocenters. The Morgan fingerprint density at radius 3 is 2.70 bits per heavy atom. The van der Waals surface area contributed by atoms with Crippen LogP contribution in [0.4, 0.5) is 5.69 Å². The number of hydrogen-bond donors (Lipinski definition) is 3. The van der Waals surface area contributed by atoms with Crippen LogP contribution in [0.15, 0.2) is 47.4 Å². The van der Waals surface area contributed by atoms with Crippen LogP contribution in [0.25, 0.3) is 0 Å². The molecule has 0 fully saturated rings. The Morgan fingerprint density at radius 1 is 1.26 bits per heavy atom. The molecule has 146 valence electrons. The van der Waals surface area contributed by atoms with Crippen LogP contribution in [-0.2, 0) is 21.2 Å². The third-order valence-electron chi connectivity index (χ3n) is 4.25. The molecule has 1 atom stereocenters. The standard InChI is InChI=1S/C18H20ClN3O3S.ClH/c1-12(23)22-17-7-6-14(10-16(17)19)26(24,25)21-11-18-15-5-3-2-4-13(15)8-9-20-18;/h2-7,10,18,20-21H,8-9,11H2,1H3,(H,22,23);1H. The third-order valence-corrected chi connectivity index (χ3v) is 5.99. The highest BCUT2D eigenvalue weighted by Crippen LogP contribution is 2.26. The Bertz CT molecular complexity index is 935. The van der Waals surface area contributed by atoms with E-state index in [0.717, 1.165) is 18.5 Å². The third kappa shape index (κ3) is 5.21. The summed E-state index contributed by atoms with van der Waals surface area (Å²) < 4.78 is 27.8. The van der Waals surface area contributed by atoms with Crippen LogP contribution in [0.3, 0.4) is 0 Å². The van der Waals surface area contributed by atoms with Crippen LogP contribution in [0.5, 0.6) is 0 Å². The molecular weight excluding hydrogens is 409 g/mol. The van der Waals surface area contributed by atoms with Crippen molar-refractivity contribution in [3.8, 4) is 0 Å². The molecule has 3 N–H and O–H groups in total. The Labute approximate surface area is 170 Å². The summed E-state index contributed by atoms with van der Waals surface area (Å²) in [7, 11) is -3.72. The van der Waals surface area contributed by atoms with Crippen molar-refractivity contribution in [2.45, 2.75) is 24.3 Å². The van der Waals surface area contributed by atoms with E-state index in [9.17, 15) is 13.2 Å². The van der Waals surface area contributed by atoms with Crippen molar-refractivity contribution in [2.75, 3.05) is 18.4 Å². The summed E-state index contributed by atoms with van der Waals surface area (Å²) >= 11 is 6.08. The minimum absolute atomic E-state index is 0. The zero-order chi connectivity index (χ0) is 18.7. The van der Waals surface area contributed by atoms with Crippen molar-refractivity contribution in [3.05, 3.63) is 58.6 Å². The van der Waals surface area contributed by atoms with Gasteiger partial charge in [-0.05, 0) is 42.3 Å². The van der Waals surface area contributed by atoms with Crippen LogP contribution in [0.1, 0.15) is 24.1 Å². The minimum atomic E-state index is -3.72. The number of sulfonamides is 1. The predicted octanol–water partition coefficient (Wildman–Crippen LogP) is 2.89. The van der Waals surface area contributed by atoms with Crippen LogP contribution >= 0.6 is 24.0 Å². The quantitative estimate of drug-likeness (QED) is 0.681. The van der Waals surface area contributed by atoms with E-state index in [2.05, 4.69) is 21.4 Å². The van der Waals surface area contributed by atoms with E-state index in [4.69, 9.17) is 11.6 Å². The van der Waals surface area contributed by atoms with Gasteiger partial charge in [0.1, 0.15) is 0 Å². The fourth-order valence-electron chi connectivity index (χ4n) is 3.01. The lowest BCUT2D eigenvalue weighted by molar-refractivity contribution is -0.114. The lowest BCUT2D eigenvalue weighted by Crippen LogP contribution is -2.38. The first-order chi connectivity index (χ1) is 12.4. The van der Waals surface area contributed by atoms with Crippen molar-refractivity contribution in [3.63, 3.8) is 0 Å². The summed E-state index contributed by atoms with van der Waals surface area (Å²) in [6, 6.07) is 12.2. The molecule has 3 rings (SSSR count). The van der Waals surface area contributed by atoms with E-state index >= 15 is 0 Å². The second-order valence-electron chi connectivity index (χ2n) is 6.13. The van der Waals surface area contributed by atoms with Crippen molar-refractivity contribution in [1.82, 2.24) is 10.0 Å². The van der Waals surface area contributed by atoms with E-state index in [0.29, 0.717) is 5.69 Å². The maximum absolute atomic E-state index is 12.6. The highest BCUT2D eigenvalue weighted by atomic mass is 35.5. The lowest BCUT2D eigenvalue weighted by Gasteiger charge is -2.27.